The van der Waals surface area contributed by atoms with Gasteiger partial charge in [-0.3, -0.25) is 4.79 Å². The van der Waals surface area contributed by atoms with Gasteiger partial charge in [-0.25, -0.2) is 12.7 Å². The van der Waals surface area contributed by atoms with Gasteiger partial charge in [-0.1, -0.05) is 36.4 Å². The van der Waals surface area contributed by atoms with Crippen LogP contribution in [0.25, 0.3) is 0 Å². The van der Waals surface area contributed by atoms with Crippen LogP contribution in [0.1, 0.15) is 31.7 Å². The van der Waals surface area contributed by atoms with Gasteiger partial charge in [0, 0.05) is 26.6 Å². The van der Waals surface area contributed by atoms with E-state index in [9.17, 15) is 13.2 Å². The van der Waals surface area contributed by atoms with Crippen molar-refractivity contribution in [2.75, 3.05) is 26.7 Å². The van der Waals surface area contributed by atoms with Crippen LogP contribution in [-0.4, -0.2) is 45.4 Å². The van der Waals surface area contributed by atoms with Crippen molar-refractivity contribution in [2.24, 2.45) is 0 Å². The Kier molecular flexibility index (Phi) is 9.15. The number of carbonyl (C=O) groups is 1. The van der Waals surface area contributed by atoms with Crippen LogP contribution in [0.2, 0.25) is 0 Å². The fourth-order valence-electron chi connectivity index (χ4n) is 2.96. The maximum Gasteiger partial charge on any atom is 0.242 e. The molecule has 2 aromatic carbocycles. The molecule has 1 N–H and O–H groups in total. The molecule has 0 bridgehead atoms. The van der Waals surface area contributed by atoms with Crippen LogP contribution in [0.5, 0.6) is 5.75 Å². The number of nitrogens with one attached hydrogen (secondary N) is 1. The van der Waals surface area contributed by atoms with Crippen molar-refractivity contribution in [3.8, 4) is 5.75 Å². The summed E-state index contributed by atoms with van der Waals surface area (Å²) >= 11 is 0. The molecule has 0 aliphatic heterocycles. The van der Waals surface area contributed by atoms with Crippen LogP contribution >= 0.6 is 0 Å². The summed E-state index contributed by atoms with van der Waals surface area (Å²) in [5, 5.41) is 2.90. The Morgan fingerprint density at radius 1 is 1.03 bits per heavy atom. The first kappa shape index (κ1) is 22.9. The number of nitrogens with zero attached hydrogens (tertiary/aromatic N) is 1. The number of carbonyl (C=O) groups excluding carboxylic acids is 1. The molecule has 0 unspecified atom stereocenters. The SMILES string of the molecule is CCOc1ccccc1CCCNC(=O)CCCN(C)S(=O)(=O)c1ccccc1. The Hall–Kier alpha value is -2.38. The summed E-state index contributed by atoms with van der Waals surface area (Å²) in [5.74, 6) is 0.831. The molecule has 0 radical (unpaired) electrons. The van der Waals surface area contributed by atoms with Crippen LogP contribution in [0.4, 0.5) is 0 Å². The van der Waals surface area contributed by atoms with Crippen LogP contribution in [-0.2, 0) is 21.2 Å². The van der Waals surface area contributed by atoms with E-state index in [0.717, 1.165) is 24.2 Å². The third-order valence-corrected chi connectivity index (χ3v) is 6.42. The van der Waals surface area contributed by atoms with Gasteiger partial charge in [-0.2, -0.15) is 0 Å². The molecule has 0 saturated heterocycles. The second-order valence-electron chi connectivity index (χ2n) is 6.74. The van der Waals surface area contributed by atoms with E-state index in [0.29, 0.717) is 32.5 Å². The minimum Gasteiger partial charge on any atom is -0.494 e. The molecule has 0 heterocycles. The average Bonchev–Trinajstić information content (AvgIpc) is 2.73. The standard InChI is InChI=1S/C22H30N2O4S/c1-3-28-21-15-8-7-11-19(21)12-9-17-23-22(25)16-10-18-24(2)29(26,27)20-13-5-4-6-14-20/h4-8,11,13-15H,3,9-10,12,16-18H2,1-2H3,(H,23,25). The van der Waals surface area contributed by atoms with Crippen LogP contribution in [0, 0.1) is 0 Å². The molecule has 158 valence electrons. The van der Waals surface area contributed by atoms with E-state index in [1.165, 1.54) is 11.4 Å². The van der Waals surface area contributed by atoms with E-state index in [2.05, 4.69) is 5.32 Å². The first-order valence-corrected chi connectivity index (χ1v) is 11.4. The molecule has 0 aliphatic carbocycles. The molecule has 0 aromatic heterocycles. The fraction of sp³-hybridized carbons (Fsp3) is 0.409. The molecule has 0 saturated carbocycles. The van der Waals surface area contributed by atoms with Gasteiger partial charge in [-0.15, -0.1) is 0 Å². The Bertz CT molecular complexity index is 869. The zero-order chi connectivity index (χ0) is 21.1. The lowest BCUT2D eigenvalue weighted by atomic mass is 10.1. The molecule has 0 fully saturated rings. The number of amides is 1. The van der Waals surface area contributed by atoms with Crippen molar-refractivity contribution < 1.29 is 17.9 Å². The van der Waals surface area contributed by atoms with Gasteiger partial charge in [0.2, 0.25) is 15.9 Å². The largest absolute Gasteiger partial charge is 0.494 e. The van der Waals surface area contributed by atoms with Crippen molar-refractivity contribution >= 4 is 15.9 Å². The average molecular weight is 419 g/mol. The molecule has 7 heteroatoms. The van der Waals surface area contributed by atoms with Crippen molar-refractivity contribution in [3.63, 3.8) is 0 Å². The van der Waals surface area contributed by atoms with E-state index in [-0.39, 0.29) is 10.8 Å². The molecule has 6 nitrogen and oxygen atoms in total. The maximum atomic E-state index is 12.4. The van der Waals surface area contributed by atoms with Crippen LogP contribution < -0.4 is 10.1 Å². The van der Waals surface area contributed by atoms with E-state index < -0.39 is 10.0 Å². The van der Waals surface area contributed by atoms with Crippen molar-refractivity contribution in [1.82, 2.24) is 9.62 Å². The Labute approximate surface area is 173 Å². The second-order valence-corrected chi connectivity index (χ2v) is 8.78. The third-order valence-electron chi connectivity index (χ3n) is 4.55. The van der Waals surface area contributed by atoms with Gasteiger partial charge in [0.25, 0.3) is 0 Å². The monoisotopic (exact) mass is 418 g/mol. The summed E-state index contributed by atoms with van der Waals surface area (Å²) in [5.41, 5.74) is 1.14. The smallest absolute Gasteiger partial charge is 0.242 e. The minimum absolute atomic E-state index is 0.0615. The molecule has 2 rings (SSSR count). The molecule has 29 heavy (non-hydrogen) atoms. The highest BCUT2D eigenvalue weighted by molar-refractivity contribution is 7.89. The number of hydrogen-bond donors (Lipinski definition) is 1. The zero-order valence-corrected chi connectivity index (χ0v) is 18.0. The van der Waals surface area contributed by atoms with Crippen molar-refractivity contribution in [1.29, 1.82) is 0 Å². The predicted molar refractivity (Wildman–Crippen MR) is 114 cm³/mol. The summed E-state index contributed by atoms with van der Waals surface area (Å²) in [6.07, 6.45) is 2.42. The number of benzene rings is 2. The van der Waals surface area contributed by atoms with Gasteiger partial charge >= 0.3 is 0 Å². The quantitative estimate of drug-likeness (QED) is 0.537. The summed E-state index contributed by atoms with van der Waals surface area (Å²) in [6.45, 7) is 3.46. The van der Waals surface area contributed by atoms with Gasteiger partial charge in [0.05, 0.1) is 11.5 Å². The Morgan fingerprint density at radius 3 is 2.45 bits per heavy atom. The Morgan fingerprint density at radius 2 is 1.72 bits per heavy atom. The maximum absolute atomic E-state index is 12.4. The minimum atomic E-state index is -3.51. The normalized spacial score (nSPS) is 11.4. The molecule has 1 amide bonds. The molecule has 2 aromatic rings. The number of para-hydroxylation sites is 1. The first-order valence-electron chi connectivity index (χ1n) is 9.94. The van der Waals surface area contributed by atoms with Crippen LogP contribution in [0.15, 0.2) is 59.5 Å². The number of rotatable bonds is 12. The van der Waals surface area contributed by atoms with Crippen molar-refractivity contribution in [2.45, 2.75) is 37.5 Å². The topological polar surface area (TPSA) is 75.7 Å². The summed E-state index contributed by atoms with van der Waals surface area (Å²) in [4.78, 5) is 12.3. The number of sulfonamides is 1. The van der Waals surface area contributed by atoms with E-state index in [1.54, 1.807) is 30.3 Å². The van der Waals surface area contributed by atoms with Crippen LogP contribution in [0.3, 0.4) is 0 Å². The molecule has 0 spiro atoms. The van der Waals surface area contributed by atoms with Gasteiger partial charge in [0.1, 0.15) is 5.75 Å². The number of aryl methyl sites for hydroxylation is 1. The first-order chi connectivity index (χ1) is 13.9. The van der Waals surface area contributed by atoms with E-state index >= 15 is 0 Å². The Balaban J connectivity index is 1.67. The van der Waals surface area contributed by atoms with Crippen molar-refractivity contribution in [3.05, 3.63) is 60.2 Å². The molecule has 0 aliphatic rings. The summed E-state index contributed by atoms with van der Waals surface area (Å²) in [7, 11) is -1.97. The third kappa shape index (κ3) is 7.18. The highest BCUT2D eigenvalue weighted by atomic mass is 32.2. The zero-order valence-electron chi connectivity index (χ0n) is 17.1. The summed E-state index contributed by atoms with van der Waals surface area (Å²) in [6, 6.07) is 16.2. The molecular weight excluding hydrogens is 388 g/mol. The lowest BCUT2D eigenvalue weighted by Gasteiger charge is -2.17. The van der Waals surface area contributed by atoms with E-state index in [1.807, 2.05) is 31.2 Å². The molecular formula is C22H30N2O4S. The molecule has 0 atom stereocenters. The van der Waals surface area contributed by atoms with Gasteiger partial charge in [-0.05, 0) is 49.9 Å². The highest BCUT2D eigenvalue weighted by Crippen LogP contribution is 2.19. The number of ether oxygens (including phenoxy) is 1. The number of hydrogen-bond acceptors (Lipinski definition) is 4. The van der Waals surface area contributed by atoms with Gasteiger partial charge in [0.15, 0.2) is 0 Å². The second kappa shape index (κ2) is 11.6. The predicted octanol–water partition coefficient (Wildman–Crippen LogP) is 3.24. The fourth-order valence-corrected chi connectivity index (χ4v) is 4.19. The summed E-state index contributed by atoms with van der Waals surface area (Å²) < 4.78 is 31.8. The lowest BCUT2D eigenvalue weighted by Crippen LogP contribution is -2.30. The van der Waals surface area contributed by atoms with Gasteiger partial charge < -0.3 is 10.1 Å². The highest BCUT2D eigenvalue weighted by Gasteiger charge is 2.19. The van der Waals surface area contributed by atoms with E-state index in [4.69, 9.17) is 4.74 Å². The lowest BCUT2D eigenvalue weighted by molar-refractivity contribution is -0.121.